The second-order valence-corrected chi connectivity index (χ2v) is 10.1. The monoisotopic (exact) mass is 557 g/mol. The summed E-state index contributed by atoms with van der Waals surface area (Å²) in [6, 6.07) is 16.9. The van der Waals surface area contributed by atoms with Crippen LogP contribution in [0, 0.1) is 6.92 Å². The Kier molecular flexibility index (Phi) is 6.85. The largest absolute Gasteiger partial charge is 0.573 e. The summed E-state index contributed by atoms with van der Waals surface area (Å²) in [5, 5.41) is 3.55. The third-order valence-corrected chi connectivity index (χ3v) is 7.22. The fraction of sp³-hybridized carbons (Fsp3) is 0.148. The van der Waals surface area contributed by atoms with Crippen molar-refractivity contribution in [2.24, 2.45) is 0 Å². The van der Waals surface area contributed by atoms with Gasteiger partial charge in [0.15, 0.2) is 0 Å². The third-order valence-electron chi connectivity index (χ3n) is 5.88. The molecule has 0 aliphatic carbocycles. The number of carbonyl (C=O) groups is 2. The summed E-state index contributed by atoms with van der Waals surface area (Å²) < 4.78 is 42.1. The van der Waals surface area contributed by atoms with Crippen molar-refractivity contribution in [1.82, 2.24) is 4.98 Å². The first kappa shape index (κ1) is 25.7. The van der Waals surface area contributed by atoms with E-state index in [9.17, 15) is 22.8 Å². The molecule has 1 aliphatic rings. The Morgan fingerprint density at radius 2 is 1.79 bits per heavy atom. The molecule has 5 rings (SSSR count). The molecule has 38 heavy (non-hydrogen) atoms. The molecule has 0 fully saturated rings. The molecule has 0 saturated heterocycles. The highest BCUT2D eigenvalue weighted by molar-refractivity contribution is 7.12. The Bertz CT molecular complexity index is 1550. The topological polar surface area (TPSA) is 71.5 Å². The lowest BCUT2D eigenvalue weighted by molar-refractivity contribution is -0.274. The Morgan fingerprint density at radius 1 is 1.05 bits per heavy atom. The van der Waals surface area contributed by atoms with Gasteiger partial charge in [-0.25, -0.2) is 4.98 Å². The maximum absolute atomic E-state index is 13.6. The third kappa shape index (κ3) is 5.23. The van der Waals surface area contributed by atoms with Crippen molar-refractivity contribution in [1.29, 1.82) is 0 Å². The number of ether oxygens (including phenoxy) is 1. The Labute approximate surface area is 224 Å². The second kappa shape index (κ2) is 10.1. The molecule has 1 N–H and O–H groups in total. The molecule has 11 heteroatoms. The van der Waals surface area contributed by atoms with Crippen molar-refractivity contribution in [2.45, 2.75) is 19.7 Å². The van der Waals surface area contributed by atoms with Gasteiger partial charge in [0, 0.05) is 29.1 Å². The smallest absolute Gasteiger partial charge is 0.405 e. The van der Waals surface area contributed by atoms with Gasteiger partial charge in [0.1, 0.15) is 5.75 Å². The van der Waals surface area contributed by atoms with E-state index >= 15 is 0 Å². The number of fused-ring (bicyclic) bond motifs is 3. The number of hydrogen-bond acceptors (Lipinski definition) is 5. The van der Waals surface area contributed by atoms with Crippen LogP contribution in [0.25, 0.3) is 11.3 Å². The number of aryl methyl sites for hydroxylation is 1. The van der Waals surface area contributed by atoms with E-state index in [1.165, 1.54) is 36.4 Å². The maximum Gasteiger partial charge on any atom is 0.573 e. The van der Waals surface area contributed by atoms with Crippen molar-refractivity contribution in [3.63, 3.8) is 0 Å². The number of carbonyl (C=O) groups excluding carboxylic acids is 2. The van der Waals surface area contributed by atoms with Crippen LogP contribution in [0.1, 0.15) is 30.6 Å². The van der Waals surface area contributed by atoms with E-state index in [1.54, 1.807) is 16.2 Å². The van der Waals surface area contributed by atoms with E-state index in [0.29, 0.717) is 13.0 Å². The van der Waals surface area contributed by atoms with E-state index in [1.807, 2.05) is 31.2 Å². The molecule has 0 unspecified atom stereocenters. The molecular formula is C27H19ClF3N3O3S. The molecule has 0 atom stereocenters. The van der Waals surface area contributed by atoms with Crippen LogP contribution in [0.2, 0.25) is 5.02 Å². The number of thiazole rings is 1. The van der Waals surface area contributed by atoms with Crippen molar-refractivity contribution in [3.05, 3.63) is 92.8 Å². The summed E-state index contributed by atoms with van der Waals surface area (Å²) in [5.41, 5.74) is 2.57. The minimum absolute atomic E-state index is 0.0816. The van der Waals surface area contributed by atoms with Crippen molar-refractivity contribution >= 4 is 46.1 Å². The van der Waals surface area contributed by atoms with Crippen molar-refractivity contribution < 1.29 is 27.5 Å². The summed E-state index contributed by atoms with van der Waals surface area (Å²) in [7, 11) is 0. The molecule has 0 spiro atoms. The van der Waals surface area contributed by atoms with Crippen molar-refractivity contribution in [2.75, 3.05) is 16.8 Å². The van der Waals surface area contributed by atoms with Gasteiger partial charge in [-0.15, -0.1) is 24.5 Å². The first-order chi connectivity index (χ1) is 18.1. The average molecular weight is 558 g/mol. The van der Waals surface area contributed by atoms with E-state index in [0.717, 1.165) is 32.9 Å². The van der Waals surface area contributed by atoms with Gasteiger partial charge >= 0.3 is 6.36 Å². The van der Waals surface area contributed by atoms with Gasteiger partial charge < -0.3 is 15.0 Å². The molecule has 3 aromatic carbocycles. The fourth-order valence-electron chi connectivity index (χ4n) is 4.28. The Hall–Kier alpha value is -3.89. The first-order valence-electron chi connectivity index (χ1n) is 11.4. The minimum atomic E-state index is -4.95. The predicted octanol–water partition coefficient (Wildman–Crippen LogP) is 7.13. The summed E-state index contributed by atoms with van der Waals surface area (Å²) in [6.07, 6.45) is -4.32. The van der Waals surface area contributed by atoms with Crippen molar-refractivity contribution in [3.8, 4) is 17.0 Å². The second-order valence-electron chi connectivity index (χ2n) is 8.42. The molecule has 1 aliphatic heterocycles. The number of halogens is 4. The standard InChI is InChI=1S/C27H19ClF3N3O3S/c1-15-32-24-18-6-2-4-8-21(18)34(13-12-23(24)38-15)26(36)17-11-10-16(14-20(17)28)33-25(35)19-7-3-5-9-22(19)37-27(29,30)31/h2-11,14H,12-13H2,1H3,(H,33,35). The quantitative estimate of drug-likeness (QED) is 0.290. The van der Waals surface area contributed by atoms with Crippen LogP contribution in [0.5, 0.6) is 5.75 Å². The number of hydrogen-bond donors (Lipinski definition) is 1. The summed E-state index contributed by atoms with van der Waals surface area (Å²) in [5.74, 6) is -1.78. The Balaban J connectivity index is 1.39. The number of anilines is 2. The lowest BCUT2D eigenvalue weighted by Crippen LogP contribution is -2.32. The highest BCUT2D eigenvalue weighted by atomic mass is 35.5. The van der Waals surface area contributed by atoms with Gasteiger partial charge in [-0.3, -0.25) is 9.59 Å². The summed E-state index contributed by atoms with van der Waals surface area (Å²) in [4.78, 5) is 33.7. The number of benzene rings is 3. The maximum atomic E-state index is 13.6. The fourth-order valence-corrected chi connectivity index (χ4v) is 5.48. The van der Waals surface area contributed by atoms with E-state index in [4.69, 9.17) is 11.6 Å². The Morgan fingerprint density at radius 3 is 2.55 bits per heavy atom. The summed E-state index contributed by atoms with van der Waals surface area (Å²) in [6.45, 7) is 2.38. The number of para-hydroxylation sites is 2. The van der Waals surface area contributed by atoms with Gasteiger partial charge in [0.05, 0.1) is 32.5 Å². The first-order valence-corrected chi connectivity index (χ1v) is 12.6. The van der Waals surface area contributed by atoms with Crippen LogP contribution in [0.3, 0.4) is 0 Å². The molecule has 6 nitrogen and oxygen atoms in total. The molecule has 194 valence electrons. The zero-order chi connectivity index (χ0) is 27.0. The van der Waals surface area contributed by atoms with Gasteiger partial charge in [-0.1, -0.05) is 41.9 Å². The van der Waals surface area contributed by atoms with Gasteiger partial charge in [0.25, 0.3) is 11.8 Å². The SMILES string of the molecule is Cc1nc2c(s1)CCN(C(=O)c1ccc(NC(=O)c3ccccc3OC(F)(F)F)cc1Cl)c1ccccc1-2. The van der Waals surface area contributed by atoms with E-state index in [2.05, 4.69) is 15.0 Å². The average Bonchev–Trinajstić information content (AvgIpc) is 3.16. The lowest BCUT2D eigenvalue weighted by atomic mass is 10.1. The molecule has 0 saturated carbocycles. The number of nitrogens with zero attached hydrogens (tertiary/aromatic N) is 2. The van der Waals surface area contributed by atoms with E-state index in [-0.39, 0.29) is 27.7 Å². The molecule has 4 aromatic rings. The minimum Gasteiger partial charge on any atom is -0.405 e. The van der Waals surface area contributed by atoms with Crippen LogP contribution < -0.4 is 15.0 Å². The highest BCUT2D eigenvalue weighted by Crippen LogP contribution is 2.39. The zero-order valence-electron chi connectivity index (χ0n) is 19.8. The lowest BCUT2D eigenvalue weighted by Gasteiger charge is -2.23. The molecule has 2 amide bonds. The number of rotatable bonds is 4. The number of aromatic nitrogens is 1. The van der Waals surface area contributed by atoms with Gasteiger partial charge in [0.2, 0.25) is 0 Å². The molecular weight excluding hydrogens is 539 g/mol. The van der Waals surface area contributed by atoms with Crippen LogP contribution in [0.4, 0.5) is 24.5 Å². The number of amides is 2. The predicted molar refractivity (Wildman–Crippen MR) is 140 cm³/mol. The molecule has 2 heterocycles. The molecule has 1 aromatic heterocycles. The van der Waals surface area contributed by atoms with Crippen LogP contribution >= 0.6 is 22.9 Å². The van der Waals surface area contributed by atoms with E-state index < -0.39 is 18.0 Å². The van der Waals surface area contributed by atoms with Gasteiger partial charge in [-0.05, 0) is 43.3 Å². The zero-order valence-corrected chi connectivity index (χ0v) is 21.4. The molecule has 0 bridgehead atoms. The summed E-state index contributed by atoms with van der Waals surface area (Å²) >= 11 is 8.07. The number of alkyl halides is 3. The van der Waals surface area contributed by atoms with Crippen LogP contribution in [-0.2, 0) is 6.42 Å². The van der Waals surface area contributed by atoms with Gasteiger partial charge in [-0.2, -0.15) is 0 Å². The van der Waals surface area contributed by atoms with Crippen LogP contribution in [-0.4, -0.2) is 29.7 Å². The normalized spacial score (nSPS) is 12.8. The number of nitrogens with one attached hydrogen (secondary N) is 1. The molecule has 0 radical (unpaired) electrons. The van der Waals surface area contributed by atoms with Crippen LogP contribution in [0.15, 0.2) is 66.7 Å². The highest BCUT2D eigenvalue weighted by Gasteiger charge is 2.33.